The van der Waals surface area contributed by atoms with Gasteiger partial charge in [0.25, 0.3) is 0 Å². The number of methoxy groups -OCH3 is 1. The molecule has 118 valence electrons. The van der Waals surface area contributed by atoms with Gasteiger partial charge in [0.1, 0.15) is 5.75 Å². The number of hydrogen-bond acceptors (Lipinski definition) is 3. The minimum atomic E-state index is -3.49. The predicted octanol–water partition coefficient (Wildman–Crippen LogP) is 2.99. The van der Waals surface area contributed by atoms with E-state index in [9.17, 15) is 8.42 Å². The molecule has 0 amide bonds. The molecule has 1 atom stereocenters. The Bertz CT molecular complexity index is 682. The predicted molar refractivity (Wildman–Crippen MR) is 87.5 cm³/mol. The van der Waals surface area contributed by atoms with Crippen LogP contribution in [0.5, 0.6) is 5.75 Å². The maximum atomic E-state index is 12.3. The molecule has 1 N–H and O–H groups in total. The van der Waals surface area contributed by atoms with Crippen LogP contribution in [-0.4, -0.2) is 21.6 Å². The molecule has 0 aromatic heterocycles. The number of rotatable bonds is 7. The fraction of sp³-hybridized carbons (Fsp3) is 0.294. The largest absolute Gasteiger partial charge is 0.497 e. The maximum Gasteiger partial charge on any atom is 0.240 e. The van der Waals surface area contributed by atoms with Crippen molar-refractivity contribution in [1.29, 1.82) is 0 Å². The van der Waals surface area contributed by atoms with Gasteiger partial charge in [-0.25, -0.2) is 13.1 Å². The first-order valence-corrected chi connectivity index (χ1v) is 8.70. The summed E-state index contributed by atoms with van der Waals surface area (Å²) in [5.41, 5.74) is 1.21. The highest BCUT2D eigenvalue weighted by Crippen LogP contribution is 2.16. The highest BCUT2D eigenvalue weighted by atomic mass is 32.2. The second-order valence-electron chi connectivity index (χ2n) is 5.22. The van der Waals surface area contributed by atoms with E-state index in [1.165, 1.54) is 5.56 Å². The first-order chi connectivity index (χ1) is 10.5. The number of nitrogens with one attached hydrogen (secondary N) is 1. The average molecular weight is 319 g/mol. The zero-order chi connectivity index (χ0) is 16.0. The van der Waals surface area contributed by atoms with Crippen LogP contribution in [0.2, 0.25) is 0 Å². The van der Waals surface area contributed by atoms with Crippen LogP contribution in [-0.2, 0) is 16.4 Å². The van der Waals surface area contributed by atoms with Gasteiger partial charge in [-0.1, -0.05) is 30.3 Å². The molecule has 22 heavy (non-hydrogen) atoms. The van der Waals surface area contributed by atoms with Crippen molar-refractivity contribution in [2.45, 2.75) is 30.7 Å². The molecule has 0 saturated heterocycles. The zero-order valence-corrected chi connectivity index (χ0v) is 13.6. The number of sulfonamides is 1. The molecule has 0 saturated carbocycles. The molecule has 5 heteroatoms. The van der Waals surface area contributed by atoms with Gasteiger partial charge in [-0.15, -0.1) is 0 Å². The number of benzene rings is 2. The van der Waals surface area contributed by atoms with Crippen molar-refractivity contribution in [3.05, 3.63) is 60.2 Å². The van der Waals surface area contributed by atoms with Crippen molar-refractivity contribution in [1.82, 2.24) is 4.72 Å². The molecular weight excluding hydrogens is 298 g/mol. The van der Waals surface area contributed by atoms with Crippen LogP contribution in [0.15, 0.2) is 59.5 Å². The summed E-state index contributed by atoms with van der Waals surface area (Å²) in [5, 5.41) is 0. The van der Waals surface area contributed by atoms with Crippen molar-refractivity contribution < 1.29 is 13.2 Å². The van der Waals surface area contributed by atoms with E-state index in [-0.39, 0.29) is 10.9 Å². The van der Waals surface area contributed by atoms with Crippen molar-refractivity contribution in [2.24, 2.45) is 0 Å². The lowest BCUT2D eigenvalue weighted by Crippen LogP contribution is -2.32. The zero-order valence-electron chi connectivity index (χ0n) is 12.8. The normalized spacial score (nSPS) is 12.8. The first kappa shape index (κ1) is 16.5. The Hall–Kier alpha value is -1.85. The quantitative estimate of drug-likeness (QED) is 0.853. The fourth-order valence-electron chi connectivity index (χ4n) is 2.17. The van der Waals surface area contributed by atoms with Crippen molar-refractivity contribution in [2.75, 3.05) is 7.11 Å². The van der Waals surface area contributed by atoms with Gasteiger partial charge in [0.05, 0.1) is 12.0 Å². The Labute approximate surface area is 132 Å². The third kappa shape index (κ3) is 4.58. The summed E-state index contributed by atoms with van der Waals surface area (Å²) in [6.07, 6.45) is 1.59. The van der Waals surface area contributed by atoms with E-state index >= 15 is 0 Å². The highest BCUT2D eigenvalue weighted by molar-refractivity contribution is 7.89. The van der Waals surface area contributed by atoms with Gasteiger partial charge < -0.3 is 4.74 Å². The third-order valence-electron chi connectivity index (χ3n) is 3.43. The van der Waals surface area contributed by atoms with Crippen LogP contribution in [0.3, 0.4) is 0 Å². The Morgan fingerprint density at radius 1 is 1.05 bits per heavy atom. The minimum absolute atomic E-state index is 0.132. The number of aryl methyl sites for hydroxylation is 1. The van der Waals surface area contributed by atoms with Crippen molar-refractivity contribution in [3.8, 4) is 5.75 Å². The molecule has 2 rings (SSSR count). The van der Waals surface area contributed by atoms with E-state index in [1.54, 1.807) is 31.4 Å². The average Bonchev–Trinajstić information content (AvgIpc) is 2.53. The highest BCUT2D eigenvalue weighted by Gasteiger charge is 2.17. The van der Waals surface area contributed by atoms with Gasteiger partial charge in [-0.3, -0.25) is 0 Å². The van der Waals surface area contributed by atoms with Gasteiger partial charge in [0.15, 0.2) is 0 Å². The lowest BCUT2D eigenvalue weighted by molar-refractivity contribution is 0.414. The van der Waals surface area contributed by atoms with E-state index in [1.807, 2.05) is 37.3 Å². The van der Waals surface area contributed by atoms with Gasteiger partial charge in [0.2, 0.25) is 10.0 Å². The Balaban J connectivity index is 1.95. The molecule has 0 aliphatic carbocycles. The van der Waals surface area contributed by atoms with E-state index in [0.717, 1.165) is 12.8 Å². The minimum Gasteiger partial charge on any atom is -0.497 e. The lowest BCUT2D eigenvalue weighted by Gasteiger charge is -2.14. The summed E-state index contributed by atoms with van der Waals surface area (Å²) in [6, 6.07) is 16.3. The Morgan fingerprint density at radius 2 is 1.68 bits per heavy atom. The molecule has 0 unspecified atom stereocenters. The standard InChI is InChI=1S/C17H21NO3S/c1-14(8-9-15-6-4-3-5-7-15)18-22(19,20)17-12-10-16(21-2)11-13-17/h3-7,10-14,18H,8-9H2,1-2H3/t14-/m0/s1. The van der Waals surface area contributed by atoms with Gasteiger partial charge >= 0.3 is 0 Å². The second kappa shape index (κ2) is 7.42. The van der Waals surface area contributed by atoms with E-state index in [2.05, 4.69) is 4.72 Å². The summed E-state index contributed by atoms with van der Waals surface area (Å²) in [4.78, 5) is 0.250. The SMILES string of the molecule is COc1ccc(S(=O)(=O)N[C@@H](C)CCc2ccccc2)cc1. The number of hydrogen-bond donors (Lipinski definition) is 1. The summed E-state index contributed by atoms with van der Waals surface area (Å²) in [6.45, 7) is 1.88. The number of ether oxygens (including phenoxy) is 1. The van der Waals surface area contributed by atoms with Crippen LogP contribution in [0.25, 0.3) is 0 Å². The monoisotopic (exact) mass is 319 g/mol. The summed E-state index contributed by atoms with van der Waals surface area (Å²) in [7, 11) is -1.95. The second-order valence-corrected chi connectivity index (χ2v) is 6.94. The van der Waals surface area contributed by atoms with Crippen LogP contribution >= 0.6 is 0 Å². The van der Waals surface area contributed by atoms with Gasteiger partial charge in [0, 0.05) is 6.04 Å². The van der Waals surface area contributed by atoms with E-state index in [4.69, 9.17) is 4.74 Å². The van der Waals surface area contributed by atoms with E-state index < -0.39 is 10.0 Å². The van der Waals surface area contributed by atoms with E-state index in [0.29, 0.717) is 5.75 Å². The molecule has 0 aliphatic heterocycles. The smallest absolute Gasteiger partial charge is 0.240 e. The van der Waals surface area contributed by atoms with Crippen LogP contribution < -0.4 is 9.46 Å². The van der Waals surface area contributed by atoms with Crippen molar-refractivity contribution >= 4 is 10.0 Å². The molecule has 0 bridgehead atoms. The lowest BCUT2D eigenvalue weighted by atomic mass is 10.1. The first-order valence-electron chi connectivity index (χ1n) is 7.21. The summed E-state index contributed by atoms with van der Waals surface area (Å²) < 4.78 is 32.4. The molecule has 4 nitrogen and oxygen atoms in total. The molecule has 0 radical (unpaired) electrons. The summed E-state index contributed by atoms with van der Waals surface area (Å²) in [5.74, 6) is 0.635. The Morgan fingerprint density at radius 3 is 2.27 bits per heavy atom. The third-order valence-corrected chi connectivity index (χ3v) is 5.04. The topological polar surface area (TPSA) is 55.4 Å². The molecular formula is C17H21NO3S. The van der Waals surface area contributed by atoms with Gasteiger partial charge in [-0.05, 0) is 49.6 Å². The molecule has 2 aromatic carbocycles. The molecule has 0 heterocycles. The van der Waals surface area contributed by atoms with Crippen molar-refractivity contribution in [3.63, 3.8) is 0 Å². The molecule has 0 aliphatic rings. The van der Waals surface area contributed by atoms with Crippen LogP contribution in [0.4, 0.5) is 0 Å². The molecule has 0 fully saturated rings. The maximum absolute atomic E-state index is 12.3. The summed E-state index contributed by atoms with van der Waals surface area (Å²) >= 11 is 0. The van der Waals surface area contributed by atoms with Crippen LogP contribution in [0.1, 0.15) is 18.9 Å². The molecule has 2 aromatic rings. The fourth-order valence-corrected chi connectivity index (χ4v) is 3.45. The van der Waals surface area contributed by atoms with Gasteiger partial charge in [-0.2, -0.15) is 0 Å². The molecule has 0 spiro atoms. The Kier molecular flexibility index (Phi) is 5.57. The van der Waals surface area contributed by atoms with Crippen LogP contribution in [0, 0.1) is 0 Å².